The maximum atomic E-state index is 11.9. The van der Waals surface area contributed by atoms with Gasteiger partial charge >= 0.3 is 0 Å². The number of piperidine rings is 1. The van der Waals surface area contributed by atoms with Crippen LogP contribution >= 0.6 is 0 Å². The first kappa shape index (κ1) is 12.5. The first-order valence-electron chi connectivity index (χ1n) is 5.63. The highest BCUT2D eigenvalue weighted by Gasteiger charge is 2.27. The molecular weight excluding hydrogens is 192 g/mol. The van der Waals surface area contributed by atoms with Crippen molar-refractivity contribution >= 4 is 5.91 Å². The average molecular weight is 214 g/mol. The van der Waals surface area contributed by atoms with E-state index in [1.54, 1.807) is 7.11 Å². The van der Waals surface area contributed by atoms with E-state index in [1.807, 2.05) is 18.7 Å². The van der Waals surface area contributed by atoms with Crippen LogP contribution < -0.4 is 5.73 Å². The Kier molecular flexibility index (Phi) is 4.54. The van der Waals surface area contributed by atoms with Crippen LogP contribution in [-0.2, 0) is 9.53 Å². The molecule has 0 bridgehead atoms. The minimum atomic E-state index is -0.357. The molecule has 1 aliphatic heterocycles. The molecule has 1 atom stereocenters. The Hall–Kier alpha value is -0.610. The number of nitrogens with two attached hydrogens (primary N) is 1. The molecule has 1 heterocycles. The first-order chi connectivity index (χ1) is 7.06. The standard InChI is InChI=1S/C11H22N2O2/c1-8(2)10(12)11(14)13-6-4-9(15-3)5-7-13/h8-10H,4-7,12H2,1-3H3. The zero-order chi connectivity index (χ0) is 11.4. The number of carbonyl (C=O) groups is 1. The van der Waals surface area contributed by atoms with Crippen molar-refractivity contribution in [3.05, 3.63) is 0 Å². The fourth-order valence-corrected chi connectivity index (χ4v) is 1.81. The van der Waals surface area contributed by atoms with Crippen LogP contribution in [0.25, 0.3) is 0 Å². The lowest BCUT2D eigenvalue weighted by atomic mass is 10.0. The van der Waals surface area contributed by atoms with Gasteiger partial charge in [-0.1, -0.05) is 13.8 Å². The molecule has 0 aliphatic carbocycles. The topological polar surface area (TPSA) is 55.6 Å². The predicted octanol–water partition coefficient (Wildman–Crippen LogP) is 0.607. The van der Waals surface area contributed by atoms with E-state index < -0.39 is 0 Å². The smallest absolute Gasteiger partial charge is 0.239 e. The second kappa shape index (κ2) is 5.47. The van der Waals surface area contributed by atoms with Crippen LogP contribution in [0.1, 0.15) is 26.7 Å². The van der Waals surface area contributed by atoms with Gasteiger partial charge in [-0.3, -0.25) is 4.79 Å². The molecule has 15 heavy (non-hydrogen) atoms. The number of amides is 1. The van der Waals surface area contributed by atoms with Gasteiger partial charge in [0.15, 0.2) is 0 Å². The highest BCUT2D eigenvalue weighted by Crippen LogP contribution is 2.14. The molecule has 88 valence electrons. The number of ether oxygens (including phenoxy) is 1. The Balaban J connectivity index is 2.42. The number of nitrogens with zero attached hydrogens (tertiary/aromatic N) is 1. The zero-order valence-corrected chi connectivity index (χ0v) is 9.90. The van der Waals surface area contributed by atoms with Crippen LogP contribution in [0.4, 0.5) is 0 Å². The molecule has 1 aliphatic rings. The van der Waals surface area contributed by atoms with Gasteiger partial charge in [0.2, 0.25) is 5.91 Å². The lowest BCUT2D eigenvalue weighted by molar-refractivity contribution is -0.135. The molecule has 1 fully saturated rings. The van der Waals surface area contributed by atoms with Gasteiger partial charge in [-0.2, -0.15) is 0 Å². The molecule has 0 radical (unpaired) electrons. The monoisotopic (exact) mass is 214 g/mol. The van der Waals surface area contributed by atoms with E-state index in [-0.39, 0.29) is 17.9 Å². The van der Waals surface area contributed by atoms with E-state index in [1.165, 1.54) is 0 Å². The maximum Gasteiger partial charge on any atom is 0.239 e. The van der Waals surface area contributed by atoms with Crippen molar-refractivity contribution in [3.8, 4) is 0 Å². The molecule has 0 aromatic heterocycles. The summed E-state index contributed by atoms with van der Waals surface area (Å²) in [6, 6.07) is -0.357. The molecule has 1 saturated heterocycles. The molecule has 0 aromatic carbocycles. The van der Waals surface area contributed by atoms with Crippen LogP contribution in [0.2, 0.25) is 0 Å². The van der Waals surface area contributed by atoms with Gasteiger partial charge in [-0.05, 0) is 18.8 Å². The van der Waals surface area contributed by atoms with Gasteiger partial charge < -0.3 is 15.4 Å². The number of carbonyl (C=O) groups excluding carboxylic acids is 1. The van der Waals surface area contributed by atoms with Crippen molar-refractivity contribution in [2.75, 3.05) is 20.2 Å². The Labute approximate surface area is 91.8 Å². The van der Waals surface area contributed by atoms with E-state index >= 15 is 0 Å². The van der Waals surface area contributed by atoms with E-state index in [9.17, 15) is 4.79 Å². The van der Waals surface area contributed by atoms with Crippen molar-refractivity contribution in [2.45, 2.75) is 38.8 Å². The van der Waals surface area contributed by atoms with Gasteiger partial charge in [-0.25, -0.2) is 0 Å². The van der Waals surface area contributed by atoms with Gasteiger partial charge in [0.1, 0.15) is 0 Å². The summed E-state index contributed by atoms with van der Waals surface area (Å²) in [5.74, 6) is 0.289. The molecule has 0 spiro atoms. The molecule has 2 N–H and O–H groups in total. The summed E-state index contributed by atoms with van der Waals surface area (Å²) in [6.07, 6.45) is 2.16. The highest BCUT2D eigenvalue weighted by atomic mass is 16.5. The molecule has 0 saturated carbocycles. The Bertz CT molecular complexity index is 211. The second-order valence-electron chi connectivity index (χ2n) is 4.53. The third-order valence-corrected chi connectivity index (χ3v) is 3.09. The molecule has 0 aromatic rings. The van der Waals surface area contributed by atoms with E-state index in [0.29, 0.717) is 6.10 Å². The summed E-state index contributed by atoms with van der Waals surface area (Å²) in [4.78, 5) is 13.8. The van der Waals surface area contributed by atoms with Gasteiger partial charge in [0, 0.05) is 20.2 Å². The van der Waals surface area contributed by atoms with E-state index in [0.717, 1.165) is 25.9 Å². The van der Waals surface area contributed by atoms with Crippen LogP contribution in [0.3, 0.4) is 0 Å². The van der Waals surface area contributed by atoms with Crippen molar-refractivity contribution in [1.82, 2.24) is 4.90 Å². The summed E-state index contributed by atoms with van der Waals surface area (Å²) < 4.78 is 5.26. The number of rotatable bonds is 3. The van der Waals surface area contributed by atoms with E-state index in [2.05, 4.69) is 0 Å². The summed E-state index contributed by atoms with van der Waals surface area (Å²) in [6.45, 7) is 5.50. The lowest BCUT2D eigenvalue weighted by Crippen LogP contribution is -2.50. The zero-order valence-electron chi connectivity index (χ0n) is 9.90. The quantitative estimate of drug-likeness (QED) is 0.749. The maximum absolute atomic E-state index is 11.9. The van der Waals surface area contributed by atoms with Gasteiger partial charge in [-0.15, -0.1) is 0 Å². The van der Waals surface area contributed by atoms with Crippen molar-refractivity contribution < 1.29 is 9.53 Å². The molecule has 1 unspecified atom stereocenters. The second-order valence-corrected chi connectivity index (χ2v) is 4.53. The molecule has 4 nitrogen and oxygen atoms in total. The molecular formula is C11H22N2O2. The van der Waals surface area contributed by atoms with Gasteiger partial charge in [0.05, 0.1) is 12.1 Å². The Morgan fingerprint density at radius 1 is 1.40 bits per heavy atom. The fourth-order valence-electron chi connectivity index (χ4n) is 1.81. The summed E-state index contributed by atoms with van der Waals surface area (Å²) in [5.41, 5.74) is 5.84. The largest absolute Gasteiger partial charge is 0.381 e. The number of likely N-dealkylation sites (tertiary alicyclic amines) is 1. The third kappa shape index (κ3) is 3.18. The SMILES string of the molecule is COC1CCN(C(=O)C(N)C(C)C)CC1. The predicted molar refractivity (Wildman–Crippen MR) is 59.4 cm³/mol. The summed E-state index contributed by atoms with van der Waals surface area (Å²) in [5, 5.41) is 0. The van der Waals surface area contributed by atoms with Crippen molar-refractivity contribution in [1.29, 1.82) is 0 Å². The van der Waals surface area contributed by atoms with Crippen LogP contribution in [0.5, 0.6) is 0 Å². The molecule has 1 rings (SSSR count). The Morgan fingerprint density at radius 3 is 2.33 bits per heavy atom. The number of hydrogen-bond donors (Lipinski definition) is 1. The minimum absolute atomic E-state index is 0.0829. The average Bonchev–Trinajstić information content (AvgIpc) is 2.27. The third-order valence-electron chi connectivity index (χ3n) is 3.09. The van der Waals surface area contributed by atoms with Gasteiger partial charge in [0.25, 0.3) is 0 Å². The van der Waals surface area contributed by atoms with Crippen molar-refractivity contribution in [2.24, 2.45) is 11.7 Å². The van der Waals surface area contributed by atoms with Crippen LogP contribution in [-0.4, -0.2) is 43.2 Å². The Morgan fingerprint density at radius 2 is 1.93 bits per heavy atom. The van der Waals surface area contributed by atoms with E-state index in [4.69, 9.17) is 10.5 Å². The van der Waals surface area contributed by atoms with Crippen LogP contribution in [0.15, 0.2) is 0 Å². The minimum Gasteiger partial charge on any atom is -0.381 e. The molecule has 4 heteroatoms. The summed E-state index contributed by atoms with van der Waals surface area (Å²) >= 11 is 0. The highest BCUT2D eigenvalue weighted by molar-refractivity contribution is 5.82. The first-order valence-corrected chi connectivity index (χ1v) is 5.63. The normalized spacial score (nSPS) is 20.7. The molecule has 1 amide bonds. The number of hydrogen-bond acceptors (Lipinski definition) is 3. The fraction of sp³-hybridized carbons (Fsp3) is 0.909. The lowest BCUT2D eigenvalue weighted by Gasteiger charge is -2.33. The summed E-state index contributed by atoms with van der Waals surface area (Å²) in [7, 11) is 1.72. The number of methoxy groups -OCH3 is 1. The van der Waals surface area contributed by atoms with Crippen molar-refractivity contribution in [3.63, 3.8) is 0 Å². The van der Waals surface area contributed by atoms with Crippen LogP contribution in [0, 0.1) is 5.92 Å².